The van der Waals surface area contributed by atoms with E-state index in [1.165, 1.54) is 6.20 Å². The van der Waals surface area contributed by atoms with E-state index in [2.05, 4.69) is 10.3 Å². The first-order valence-corrected chi connectivity index (χ1v) is 8.42. The lowest BCUT2D eigenvalue weighted by atomic mass is 10.0. The lowest BCUT2D eigenvalue weighted by molar-refractivity contribution is -0.137. The number of nitrogens with zero attached hydrogens (tertiary/aromatic N) is 3. The number of carbonyl (C=O) groups is 1. The molecule has 1 aromatic carbocycles. The monoisotopic (exact) mass is 394 g/mol. The summed E-state index contributed by atoms with van der Waals surface area (Å²) in [5.74, 6) is -0.632. The Morgan fingerprint density at radius 2 is 1.96 bits per heavy atom. The van der Waals surface area contributed by atoms with Crippen LogP contribution in [0.5, 0.6) is 0 Å². The number of nitrogens with one attached hydrogen (secondary N) is 1. The molecule has 0 aliphatic carbocycles. The van der Waals surface area contributed by atoms with E-state index < -0.39 is 17.6 Å². The molecule has 28 heavy (non-hydrogen) atoms. The molecule has 0 atom stereocenters. The van der Waals surface area contributed by atoms with Crippen LogP contribution in [0.2, 0.25) is 0 Å². The number of amides is 1. The summed E-state index contributed by atoms with van der Waals surface area (Å²) in [6, 6.07) is 5.85. The Hall–Kier alpha value is -2.94. The van der Waals surface area contributed by atoms with Crippen LogP contribution in [0.1, 0.15) is 16.7 Å². The van der Waals surface area contributed by atoms with Gasteiger partial charge in [0.15, 0.2) is 0 Å². The summed E-state index contributed by atoms with van der Waals surface area (Å²) in [6.45, 7) is 0.393. The molecular formula is C19H18F4N4O. The van der Waals surface area contributed by atoms with Crippen molar-refractivity contribution in [2.45, 2.75) is 12.6 Å². The maximum Gasteiger partial charge on any atom is 0.416 e. The highest BCUT2D eigenvalue weighted by Gasteiger charge is 2.31. The largest absolute Gasteiger partial charge is 0.416 e. The number of hydrogen-bond donors (Lipinski definition) is 1. The van der Waals surface area contributed by atoms with Gasteiger partial charge in [0, 0.05) is 26.5 Å². The number of halogens is 4. The Morgan fingerprint density at radius 1 is 1.21 bits per heavy atom. The number of likely N-dealkylation sites (N-methyl/N-ethyl adjacent to an activating group) is 2. The molecule has 2 heterocycles. The van der Waals surface area contributed by atoms with Crippen molar-refractivity contribution in [1.29, 1.82) is 0 Å². The summed E-state index contributed by atoms with van der Waals surface area (Å²) >= 11 is 0. The SMILES string of the molecule is CNC(=O)C1=CN(c2cc(Cc3cc(F)cc(C(F)(F)F)c3)ccn2)N(C)C1. The van der Waals surface area contributed by atoms with Gasteiger partial charge in [0.25, 0.3) is 0 Å². The van der Waals surface area contributed by atoms with Gasteiger partial charge in [-0.3, -0.25) is 9.80 Å². The van der Waals surface area contributed by atoms with Crippen LogP contribution in [-0.4, -0.2) is 36.5 Å². The molecule has 0 radical (unpaired) electrons. The minimum absolute atomic E-state index is 0.111. The first-order chi connectivity index (χ1) is 13.2. The summed E-state index contributed by atoms with van der Waals surface area (Å²) in [5, 5.41) is 6.02. The van der Waals surface area contributed by atoms with Crippen molar-refractivity contribution >= 4 is 11.7 Å². The Balaban J connectivity index is 1.86. The number of benzene rings is 1. The van der Waals surface area contributed by atoms with Crippen LogP contribution < -0.4 is 10.3 Å². The fourth-order valence-corrected chi connectivity index (χ4v) is 2.99. The summed E-state index contributed by atoms with van der Waals surface area (Å²) in [4.78, 5) is 16.1. The number of hydrazine groups is 1. The van der Waals surface area contributed by atoms with Gasteiger partial charge in [0.2, 0.25) is 5.91 Å². The molecule has 0 saturated heterocycles. The molecule has 1 amide bonds. The fraction of sp³-hybridized carbons (Fsp3) is 0.263. The van der Waals surface area contributed by atoms with E-state index in [0.29, 0.717) is 29.6 Å². The normalized spacial score (nSPS) is 14.9. The molecule has 1 aliphatic rings. The van der Waals surface area contributed by atoms with Gasteiger partial charge < -0.3 is 5.32 Å². The third-order valence-electron chi connectivity index (χ3n) is 4.30. The molecule has 0 fully saturated rings. The molecule has 5 nitrogen and oxygen atoms in total. The van der Waals surface area contributed by atoms with Crippen molar-refractivity contribution in [2.75, 3.05) is 25.6 Å². The number of carbonyl (C=O) groups excluding carboxylic acids is 1. The highest BCUT2D eigenvalue weighted by atomic mass is 19.4. The first kappa shape index (κ1) is 19.8. The van der Waals surface area contributed by atoms with Crippen molar-refractivity contribution < 1.29 is 22.4 Å². The summed E-state index contributed by atoms with van der Waals surface area (Å²) in [6.07, 6.45) is -1.33. The van der Waals surface area contributed by atoms with Crippen LogP contribution in [0.25, 0.3) is 0 Å². The van der Waals surface area contributed by atoms with E-state index in [0.717, 1.165) is 12.1 Å². The lowest BCUT2D eigenvalue weighted by Crippen LogP contribution is -2.32. The number of pyridine rings is 1. The first-order valence-electron chi connectivity index (χ1n) is 8.42. The van der Waals surface area contributed by atoms with Gasteiger partial charge in [-0.15, -0.1) is 0 Å². The van der Waals surface area contributed by atoms with Gasteiger partial charge >= 0.3 is 6.18 Å². The van der Waals surface area contributed by atoms with Gasteiger partial charge in [-0.1, -0.05) is 0 Å². The molecule has 9 heteroatoms. The van der Waals surface area contributed by atoms with Crippen molar-refractivity contribution in [3.8, 4) is 0 Å². The number of alkyl halides is 3. The number of anilines is 1. The van der Waals surface area contributed by atoms with E-state index >= 15 is 0 Å². The second-order valence-electron chi connectivity index (χ2n) is 6.44. The molecule has 1 aliphatic heterocycles. The Kier molecular flexibility index (Phi) is 5.37. The lowest BCUT2D eigenvalue weighted by Gasteiger charge is -2.24. The van der Waals surface area contributed by atoms with E-state index in [4.69, 9.17) is 0 Å². The molecule has 0 bridgehead atoms. The number of aromatic nitrogens is 1. The molecular weight excluding hydrogens is 376 g/mol. The topological polar surface area (TPSA) is 48.5 Å². The van der Waals surface area contributed by atoms with Crippen LogP contribution in [0.3, 0.4) is 0 Å². The van der Waals surface area contributed by atoms with Crippen molar-refractivity contribution in [3.63, 3.8) is 0 Å². The van der Waals surface area contributed by atoms with Crippen LogP contribution in [-0.2, 0) is 17.4 Å². The Morgan fingerprint density at radius 3 is 2.64 bits per heavy atom. The van der Waals surface area contributed by atoms with Gasteiger partial charge in [0.05, 0.1) is 17.7 Å². The maximum atomic E-state index is 13.6. The quantitative estimate of drug-likeness (QED) is 0.810. The average Bonchev–Trinajstić information content (AvgIpc) is 3.02. The molecule has 3 rings (SSSR count). The van der Waals surface area contributed by atoms with Crippen molar-refractivity contribution in [2.24, 2.45) is 0 Å². The van der Waals surface area contributed by atoms with Gasteiger partial charge in [-0.2, -0.15) is 13.2 Å². The second kappa shape index (κ2) is 7.59. The van der Waals surface area contributed by atoms with E-state index in [1.54, 1.807) is 42.4 Å². The maximum absolute atomic E-state index is 13.6. The average molecular weight is 394 g/mol. The molecule has 1 aromatic heterocycles. The minimum atomic E-state index is -4.61. The zero-order valence-corrected chi connectivity index (χ0v) is 15.2. The Labute approximate surface area is 159 Å². The standard InChI is InChI=1S/C19H18F4N4O/c1-24-18(28)14-10-26(2)27(11-14)17-8-12(3-4-25-17)5-13-6-15(19(21,22)23)9-16(20)7-13/h3-4,6-9,11H,5,10H2,1-2H3,(H,24,28). The van der Waals surface area contributed by atoms with E-state index in [-0.39, 0.29) is 17.9 Å². The third kappa shape index (κ3) is 4.30. The van der Waals surface area contributed by atoms with Gasteiger partial charge in [-0.05, 0) is 47.9 Å². The number of hydrogen-bond acceptors (Lipinski definition) is 4. The van der Waals surface area contributed by atoms with Crippen molar-refractivity contribution in [1.82, 2.24) is 15.3 Å². The summed E-state index contributed by atoms with van der Waals surface area (Å²) in [7, 11) is 3.32. The molecule has 148 valence electrons. The van der Waals surface area contributed by atoms with E-state index in [1.807, 2.05) is 0 Å². The third-order valence-corrected chi connectivity index (χ3v) is 4.30. The fourth-order valence-electron chi connectivity index (χ4n) is 2.99. The zero-order chi connectivity index (χ0) is 20.5. The van der Waals surface area contributed by atoms with Crippen LogP contribution in [0.15, 0.2) is 48.3 Å². The highest BCUT2D eigenvalue weighted by Crippen LogP contribution is 2.31. The zero-order valence-electron chi connectivity index (χ0n) is 15.2. The van der Waals surface area contributed by atoms with E-state index in [9.17, 15) is 22.4 Å². The van der Waals surface area contributed by atoms with Gasteiger partial charge in [-0.25, -0.2) is 14.4 Å². The molecule has 0 unspecified atom stereocenters. The summed E-state index contributed by atoms with van der Waals surface area (Å²) < 4.78 is 52.3. The molecule has 1 N–H and O–H groups in total. The second-order valence-corrected chi connectivity index (χ2v) is 6.44. The number of rotatable bonds is 4. The van der Waals surface area contributed by atoms with Crippen LogP contribution >= 0.6 is 0 Å². The molecule has 0 spiro atoms. The Bertz CT molecular complexity index is 926. The van der Waals surface area contributed by atoms with Crippen LogP contribution in [0.4, 0.5) is 23.4 Å². The smallest absolute Gasteiger partial charge is 0.355 e. The van der Waals surface area contributed by atoms with Gasteiger partial charge in [0.1, 0.15) is 11.6 Å². The highest BCUT2D eigenvalue weighted by molar-refractivity contribution is 5.94. The predicted molar refractivity (Wildman–Crippen MR) is 95.7 cm³/mol. The molecule has 0 saturated carbocycles. The summed E-state index contributed by atoms with van der Waals surface area (Å²) in [5.41, 5.74) is 0.408. The predicted octanol–water partition coefficient (Wildman–Crippen LogP) is 3.13. The molecule has 2 aromatic rings. The van der Waals surface area contributed by atoms with Crippen molar-refractivity contribution in [3.05, 3.63) is 70.8 Å². The van der Waals surface area contributed by atoms with Crippen LogP contribution in [0, 0.1) is 5.82 Å². The minimum Gasteiger partial charge on any atom is -0.355 e.